The number of ketones is 2. The molecule has 0 heterocycles. The monoisotopic (exact) mass is 358 g/mol. The quantitative estimate of drug-likeness (QED) is 0.796. The standard InChI is InChI=1S/C22H30O4/c1-13(24)22(26)9-6-18-16-10-14(12-23)19-11-15(25)4-7-20(19,2)17(16)5-8-21(18,22)3/h10-11,16-18,23,26H,4-9,12H2,1-3H3/t16-,17+,18+,20-,21+,22+/m1/s1. The average molecular weight is 358 g/mol. The van der Waals surface area contributed by atoms with Crippen LogP contribution in [0.15, 0.2) is 23.3 Å². The van der Waals surface area contributed by atoms with Crippen LogP contribution in [0.1, 0.15) is 59.3 Å². The minimum absolute atomic E-state index is 0.0572. The molecule has 0 amide bonds. The number of carbonyl (C=O) groups excluding carboxylic acids is 2. The molecule has 0 aromatic carbocycles. The molecular weight excluding hydrogens is 328 g/mol. The van der Waals surface area contributed by atoms with Crippen molar-refractivity contribution in [2.24, 2.45) is 28.6 Å². The van der Waals surface area contributed by atoms with E-state index in [2.05, 4.69) is 19.9 Å². The SMILES string of the molecule is CC(=O)[C@@]1(O)CC[C@H]2[C@@H]3C=C(CO)C4=CC(=O)CC[C@]4(C)[C@H]3CC[C@@]21C. The average Bonchev–Trinajstić information content (AvgIpc) is 2.88. The summed E-state index contributed by atoms with van der Waals surface area (Å²) in [7, 11) is 0. The van der Waals surface area contributed by atoms with Gasteiger partial charge in [0.25, 0.3) is 0 Å². The van der Waals surface area contributed by atoms with Gasteiger partial charge in [-0.25, -0.2) is 0 Å². The Hall–Kier alpha value is -1.26. The van der Waals surface area contributed by atoms with E-state index in [4.69, 9.17) is 0 Å². The second-order valence-corrected chi connectivity index (χ2v) is 9.49. The van der Waals surface area contributed by atoms with E-state index >= 15 is 0 Å². The molecule has 2 fully saturated rings. The van der Waals surface area contributed by atoms with Crippen molar-refractivity contribution in [2.75, 3.05) is 6.61 Å². The van der Waals surface area contributed by atoms with Crippen molar-refractivity contribution in [2.45, 2.75) is 64.9 Å². The molecule has 4 rings (SSSR count). The van der Waals surface area contributed by atoms with E-state index < -0.39 is 11.0 Å². The predicted octanol–water partition coefficient (Wildman–Crippen LogP) is 2.98. The first-order valence-electron chi connectivity index (χ1n) is 9.98. The van der Waals surface area contributed by atoms with Gasteiger partial charge in [0.1, 0.15) is 5.60 Å². The van der Waals surface area contributed by atoms with Gasteiger partial charge in [-0.05, 0) is 79.4 Å². The lowest BCUT2D eigenvalue weighted by Gasteiger charge is -2.57. The van der Waals surface area contributed by atoms with Gasteiger partial charge < -0.3 is 10.2 Å². The first-order chi connectivity index (χ1) is 12.2. The summed E-state index contributed by atoms with van der Waals surface area (Å²) in [5, 5.41) is 21.2. The molecule has 4 heteroatoms. The molecule has 0 spiro atoms. The summed E-state index contributed by atoms with van der Waals surface area (Å²) in [6, 6.07) is 0. The number of hydrogen-bond acceptors (Lipinski definition) is 4. The van der Waals surface area contributed by atoms with Gasteiger partial charge in [-0.3, -0.25) is 9.59 Å². The molecule has 0 aromatic heterocycles. The van der Waals surface area contributed by atoms with Crippen LogP contribution in [-0.4, -0.2) is 34.0 Å². The number of aliphatic hydroxyl groups excluding tert-OH is 1. The minimum Gasteiger partial charge on any atom is -0.392 e. The highest BCUT2D eigenvalue weighted by atomic mass is 16.3. The van der Waals surface area contributed by atoms with Gasteiger partial charge in [0, 0.05) is 11.8 Å². The first kappa shape index (κ1) is 18.1. The molecule has 2 N–H and O–H groups in total. The summed E-state index contributed by atoms with van der Waals surface area (Å²) in [6.07, 6.45) is 8.50. The van der Waals surface area contributed by atoms with Crippen molar-refractivity contribution in [3.63, 3.8) is 0 Å². The van der Waals surface area contributed by atoms with Gasteiger partial charge in [-0.15, -0.1) is 0 Å². The molecule has 0 unspecified atom stereocenters. The normalized spacial score (nSPS) is 47.4. The zero-order valence-electron chi connectivity index (χ0n) is 16.0. The molecule has 2 saturated carbocycles. The third-order valence-corrected chi connectivity index (χ3v) is 8.61. The molecule has 0 saturated heterocycles. The fourth-order valence-corrected chi connectivity index (χ4v) is 6.99. The molecule has 4 aliphatic rings. The molecular formula is C22H30O4. The Morgan fingerprint density at radius 2 is 1.88 bits per heavy atom. The number of carbonyl (C=O) groups is 2. The van der Waals surface area contributed by atoms with Crippen LogP contribution in [0.3, 0.4) is 0 Å². The Morgan fingerprint density at radius 3 is 2.54 bits per heavy atom. The highest BCUT2D eigenvalue weighted by Crippen LogP contribution is 2.67. The first-order valence-corrected chi connectivity index (χ1v) is 9.98. The van der Waals surface area contributed by atoms with Gasteiger partial charge in [-0.2, -0.15) is 0 Å². The fourth-order valence-electron chi connectivity index (χ4n) is 6.99. The summed E-state index contributed by atoms with van der Waals surface area (Å²) in [5.41, 5.74) is 0.184. The number of allylic oxidation sites excluding steroid dienone is 2. The lowest BCUT2D eigenvalue weighted by atomic mass is 9.47. The number of Topliss-reactive ketones (excluding diaryl/α,β-unsaturated/α-hetero) is 1. The number of hydrogen-bond donors (Lipinski definition) is 2. The third kappa shape index (κ3) is 2.09. The maximum atomic E-state index is 12.3. The van der Waals surface area contributed by atoms with E-state index in [0.29, 0.717) is 18.8 Å². The van der Waals surface area contributed by atoms with Gasteiger partial charge in [-0.1, -0.05) is 19.9 Å². The topological polar surface area (TPSA) is 74.6 Å². The van der Waals surface area contributed by atoms with E-state index in [0.717, 1.165) is 36.8 Å². The molecule has 6 atom stereocenters. The molecule has 142 valence electrons. The highest BCUT2D eigenvalue weighted by molar-refractivity contribution is 5.92. The van der Waals surface area contributed by atoms with E-state index in [1.165, 1.54) is 6.92 Å². The summed E-state index contributed by atoms with van der Waals surface area (Å²) in [4.78, 5) is 24.3. The Kier molecular flexibility index (Phi) is 3.92. The fraction of sp³-hybridized carbons (Fsp3) is 0.727. The largest absolute Gasteiger partial charge is 0.392 e. The maximum Gasteiger partial charge on any atom is 0.161 e. The number of rotatable bonds is 2. The van der Waals surface area contributed by atoms with E-state index in [1.807, 2.05) is 0 Å². The van der Waals surface area contributed by atoms with Gasteiger partial charge in [0.15, 0.2) is 11.6 Å². The highest BCUT2D eigenvalue weighted by Gasteiger charge is 2.65. The summed E-state index contributed by atoms with van der Waals surface area (Å²) >= 11 is 0. The molecule has 4 aliphatic carbocycles. The lowest BCUT2D eigenvalue weighted by molar-refractivity contribution is -0.156. The van der Waals surface area contributed by atoms with Gasteiger partial charge in [0.05, 0.1) is 6.61 Å². The Morgan fingerprint density at radius 1 is 1.19 bits per heavy atom. The zero-order chi connectivity index (χ0) is 18.9. The third-order valence-electron chi connectivity index (χ3n) is 8.61. The number of fused-ring (bicyclic) bond motifs is 5. The second kappa shape index (κ2) is 5.62. The van der Waals surface area contributed by atoms with E-state index in [-0.39, 0.29) is 35.4 Å². The summed E-state index contributed by atoms with van der Waals surface area (Å²) in [6.45, 7) is 5.80. The Bertz CT molecular complexity index is 734. The van der Waals surface area contributed by atoms with Gasteiger partial charge in [0.2, 0.25) is 0 Å². The van der Waals surface area contributed by atoms with Crippen LogP contribution in [0.25, 0.3) is 0 Å². The molecule has 0 bridgehead atoms. The maximum absolute atomic E-state index is 12.3. The molecule has 4 nitrogen and oxygen atoms in total. The smallest absolute Gasteiger partial charge is 0.161 e. The zero-order valence-corrected chi connectivity index (χ0v) is 16.0. The van der Waals surface area contributed by atoms with Gasteiger partial charge >= 0.3 is 0 Å². The van der Waals surface area contributed by atoms with Crippen molar-refractivity contribution < 1.29 is 19.8 Å². The van der Waals surface area contributed by atoms with Crippen LogP contribution in [0.2, 0.25) is 0 Å². The summed E-state index contributed by atoms with van der Waals surface area (Å²) in [5.74, 6) is 0.942. The Balaban J connectivity index is 1.82. The second-order valence-electron chi connectivity index (χ2n) is 9.49. The van der Waals surface area contributed by atoms with Crippen molar-refractivity contribution >= 4 is 11.6 Å². The van der Waals surface area contributed by atoms with E-state index in [1.54, 1.807) is 6.08 Å². The molecule has 26 heavy (non-hydrogen) atoms. The van der Waals surface area contributed by atoms with Crippen molar-refractivity contribution in [3.8, 4) is 0 Å². The summed E-state index contributed by atoms with van der Waals surface area (Å²) < 4.78 is 0. The van der Waals surface area contributed by atoms with Crippen LogP contribution in [0.5, 0.6) is 0 Å². The van der Waals surface area contributed by atoms with Crippen molar-refractivity contribution in [1.82, 2.24) is 0 Å². The van der Waals surface area contributed by atoms with Crippen LogP contribution < -0.4 is 0 Å². The van der Waals surface area contributed by atoms with E-state index in [9.17, 15) is 19.8 Å². The van der Waals surface area contributed by atoms with Crippen molar-refractivity contribution in [3.05, 3.63) is 23.3 Å². The van der Waals surface area contributed by atoms with Crippen LogP contribution in [-0.2, 0) is 9.59 Å². The van der Waals surface area contributed by atoms with Crippen LogP contribution in [0.4, 0.5) is 0 Å². The Labute approximate surface area is 155 Å². The molecule has 0 radical (unpaired) electrons. The van der Waals surface area contributed by atoms with Crippen LogP contribution >= 0.6 is 0 Å². The minimum atomic E-state index is -1.23. The lowest BCUT2D eigenvalue weighted by Crippen LogP contribution is -2.56. The predicted molar refractivity (Wildman–Crippen MR) is 98.3 cm³/mol. The number of aliphatic hydroxyl groups is 2. The van der Waals surface area contributed by atoms with Crippen LogP contribution in [0, 0.1) is 28.6 Å². The molecule has 0 aromatic rings. The molecule has 0 aliphatic heterocycles. The van der Waals surface area contributed by atoms with Crippen molar-refractivity contribution in [1.29, 1.82) is 0 Å².